The zero-order valence-electron chi connectivity index (χ0n) is 7.26. The molecule has 0 atom stereocenters. The van der Waals surface area contributed by atoms with E-state index in [9.17, 15) is 0 Å². The van der Waals surface area contributed by atoms with Crippen LogP contribution in [0.4, 0.5) is 0 Å². The molecule has 11 heavy (non-hydrogen) atoms. The van der Waals surface area contributed by atoms with Crippen LogP contribution in [-0.4, -0.2) is 11.7 Å². The molecule has 2 heteroatoms. The minimum Gasteiger partial charge on any atom is -0.396 e. The van der Waals surface area contributed by atoms with E-state index in [1.54, 1.807) is 0 Å². The second kappa shape index (κ2) is 13.3. The molecule has 0 aliphatic carbocycles. The van der Waals surface area contributed by atoms with Crippen molar-refractivity contribution in [1.82, 2.24) is 0 Å². The number of aliphatic hydroxyl groups is 1. The Morgan fingerprint density at radius 3 is 1.73 bits per heavy atom. The Bertz CT molecular complexity index is 49.5. The Balaban J connectivity index is 0. The third-order valence-corrected chi connectivity index (χ3v) is 1.66. The SMILES string of the molecule is [CH2-]CCCCCCCCO.[Ta]. The topological polar surface area (TPSA) is 20.2 Å². The van der Waals surface area contributed by atoms with Gasteiger partial charge in [-0.3, -0.25) is 0 Å². The molecule has 0 saturated carbocycles. The Morgan fingerprint density at radius 1 is 0.818 bits per heavy atom. The van der Waals surface area contributed by atoms with E-state index >= 15 is 0 Å². The number of aliphatic hydroxyl groups excluding tert-OH is 1. The largest absolute Gasteiger partial charge is 0.396 e. The average molecular weight is 324 g/mol. The molecule has 0 aromatic carbocycles. The molecule has 0 spiro atoms. The van der Waals surface area contributed by atoms with Crippen molar-refractivity contribution in [3.8, 4) is 0 Å². The van der Waals surface area contributed by atoms with Gasteiger partial charge in [0.1, 0.15) is 0 Å². The van der Waals surface area contributed by atoms with Crippen LogP contribution in [0.25, 0.3) is 0 Å². The van der Waals surface area contributed by atoms with Crippen LogP contribution in [0, 0.1) is 6.92 Å². The molecule has 0 aliphatic heterocycles. The maximum Gasteiger partial charge on any atom is 0.0431 e. The fourth-order valence-electron chi connectivity index (χ4n) is 0.996. The Kier molecular flexibility index (Phi) is 17.2. The molecule has 0 aromatic heterocycles. The number of hydrogen-bond donors (Lipinski definition) is 1. The van der Waals surface area contributed by atoms with Gasteiger partial charge in [-0.05, 0) is 6.42 Å². The molecule has 0 aliphatic rings. The van der Waals surface area contributed by atoms with Gasteiger partial charge in [-0.1, -0.05) is 32.1 Å². The average Bonchev–Trinajstić information content (AvgIpc) is 1.97. The van der Waals surface area contributed by atoms with Gasteiger partial charge in [0.15, 0.2) is 0 Å². The molecule has 0 heterocycles. The molecular formula is C9H19OTa-. The number of unbranched alkanes of at least 4 members (excludes halogenated alkanes) is 6. The zero-order chi connectivity index (χ0) is 7.66. The van der Waals surface area contributed by atoms with E-state index in [0.717, 1.165) is 12.8 Å². The Morgan fingerprint density at radius 2 is 1.27 bits per heavy atom. The number of rotatable bonds is 7. The third-order valence-electron chi connectivity index (χ3n) is 1.66. The van der Waals surface area contributed by atoms with Gasteiger partial charge in [0.2, 0.25) is 0 Å². The van der Waals surface area contributed by atoms with Gasteiger partial charge in [0.05, 0.1) is 0 Å². The summed E-state index contributed by atoms with van der Waals surface area (Å²) in [5.41, 5.74) is 0. The van der Waals surface area contributed by atoms with Gasteiger partial charge in [0, 0.05) is 29.0 Å². The molecule has 1 radical (unpaired) electrons. The van der Waals surface area contributed by atoms with Crippen LogP contribution in [0.5, 0.6) is 0 Å². The van der Waals surface area contributed by atoms with E-state index < -0.39 is 0 Å². The molecule has 1 N–H and O–H groups in total. The van der Waals surface area contributed by atoms with Crippen LogP contribution in [0.15, 0.2) is 0 Å². The molecule has 0 bridgehead atoms. The van der Waals surface area contributed by atoms with Crippen molar-refractivity contribution in [3.63, 3.8) is 0 Å². The molecule has 1 nitrogen and oxygen atoms in total. The van der Waals surface area contributed by atoms with Crippen LogP contribution in [-0.2, 0) is 22.4 Å². The first kappa shape index (κ1) is 14.2. The van der Waals surface area contributed by atoms with Crippen molar-refractivity contribution >= 4 is 0 Å². The van der Waals surface area contributed by atoms with Crippen LogP contribution in [0.1, 0.15) is 44.9 Å². The molecule has 0 amide bonds. The predicted molar refractivity (Wildman–Crippen MR) is 44.8 cm³/mol. The summed E-state index contributed by atoms with van der Waals surface area (Å²) in [4.78, 5) is 0. The summed E-state index contributed by atoms with van der Waals surface area (Å²) >= 11 is 0. The molecule has 0 unspecified atom stereocenters. The normalized spacial score (nSPS) is 9.27. The van der Waals surface area contributed by atoms with Gasteiger partial charge in [0.25, 0.3) is 0 Å². The number of hydrogen-bond acceptors (Lipinski definition) is 1. The maximum atomic E-state index is 8.46. The maximum absolute atomic E-state index is 8.46. The Labute approximate surface area is 86.1 Å². The van der Waals surface area contributed by atoms with E-state index in [1.165, 1.54) is 32.1 Å². The third kappa shape index (κ3) is 13.7. The second-order valence-electron chi connectivity index (χ2n) is 2.70. The molecule has 0 rings (SSSR count). The summed E-state index contributed by atoms with van der Waals surface area (Å²) in [6.45, 7) is 4.14. The van der Waals surface area contributed by atoms with Gasteiger partial charge in [-0.25, -0.2) is 0 Å². The molecule has 0 fully saturated rings. The van der Waals surface area contributed by atoms with Crippen molar-refractivity contribution < 1.29 is 27.5 Å². The van der Waals surface area contributed by atoms with E-state index in [0.29, 0.717) is 6.61 Å². The monoisotopic (exact) mass is 324 g/mol. The van der Waals surface area contributed by atoms with Crippen LogP contribution >= 0.6 is 0 Å². The van der Waals surface area contributed by atoms with Crippen molar-refractivity contribution in [2.75, 3.05) is 6.61 Å². The minimum absolute atomic E-state index is 0. The van der Waals surface area contributed by atoms with Gasteiger partial charge >= 0.3 is 0 Å². The summed E-state index contributed by atoms with van der Waals surface area (Å²) in [7, 11) is 0. The quantitative estimate of drug-likeness (QED) is 0.564. The zero-order valence-corrected chi connectivity index (χ0v) is 10.5. The fraction of sp³-hybridized carbons (Fsp3) is 0.889. The van der Waals surface area contributed by atoms with Crippen molar-refractivity contribution in [1.29, 1.82) is 0 Å². The fourth-order valence-corrected chi connectivity index (χ4v) is 0.996. The molecule has 67 valence electrons. The van der Waals surface area contributed by atoms with Crippen LogP contribution in [0.3, 0.4) is 0 Å². The summed E-state index contributed by atoms with van der Waals surface area (Å²) in [5.74, 6) is 0. The summed E-state index contributed by atoms with van der Waals surface area (Å²) in [6, 6.07) is 0. The summed E-state index contributed by atoms with van der Waals surface area (Å²) < 4.78 is 0. The predicted octanol–water partition coefficient (Wildman–Crippen LogP) is 2.54. The van der Waals surface area contributed by atoms with E-state index in [4.69, 9.17) is 5.11 Å². The van der Waals surface area contributed by atoms with Crippen LogP contribution in [0.2, 0.25) is 0 Å². The molecule has 0 saturated heterocycles. The first-order valence-electron chi connectivity index (χ1n) is 4.32. The van der Waals surface area contributed by atoms with Crippen LogP contribution < -0.4 is 0 Å². The van der Waals surface area contributed by atoms with E-state index in [-0.39, 0.29) is 22.4 Å². The molecular weight excluding hydrogens is 305 g/mol. The van der Waals surface area contributed by atoms with Gasteiger partial charge in [-0.2, -0.15) is 6.42 Å². The first-order chi connectivity index (χ1) is 4.91. The Hall–Kier alpha value is 0.700. The van der Waals surface area contributed by atoms with Crippen molar-refractivity contribution in [3.05, 3.63) is 6.92 Å². The smallest absolute Gasteiger partial charge is 0.0431 e. The van der Waals surface area contributed by atoms with E-state index in [1.807, 2.05) is 0 Å². The summed E-state index contributed by atoms with van der Waals surface area (Å²) in [6.07, 6.45) is 8.40. The van der Waals surface area contributed by atoms with E-state index in [2.05, 4.69) is 6.92 Å². The molecule has 0 aromatic rings. The van der Waals surface area contributed by atoms with Crippen molar-refractivity contribution in [2.24, 2.45) is 0 Å². The first-order valence-corrected chi connectivity index (χ1v) is 4.32. The van der Waals surface area contributed by atoms with Crippen molar-refractivity contribution in [2.45, 2.75) is 44.9 Å². The van der Waals surface area contributed by atoms with Gasteiger partial charge in [-0.15, -0.1) is 0 Å². The second-order valence-corrected chi connectivity index (χ2v) is 2.70. The van der Waals surface area contributed by atoms with Gasteiger partial charge < -0.3 is 12.0 Å². The summed E-state index contributed by atoms with van der Waals surface area (Å²) in [5, 5.41) is 8.46. The standard InChI is InChI=1S/C9H19O.Ta/c1-2-3-4-5-6-7-8-9-10;/h10H,1-9H2;/q-1;. The minimum atomic E-state index is 0.